The Bertz CT molecular complexity index is 1050. The molecule has 0 unspecified atom stereocenters. The fourth-order valence-electron chi connectivity index (χ4n) is 2.66. The van der Waals surface area contributed by atoms with Crippen molar-refractivity contribution in [1.29, 1.82) is 0 Å². The summed E-state index contributed by atoms with van der Waals surface area (Å²) in [6.45, 7) is 4.26. The Morgan fingerprint density at radius 1 is 1.43 bits per heavy atom. The molecule has 3 heterocycles. The average Bonchev–Trinajstić information content (AvgIpc) is 3.09. The number of fused-ring (bicyclic) bond motifs is 1. The molecule has 7 nitrogen and oxygen atoms in total. The number of halogens is 1. The van der Waals surface area contributed by atoms with E-state index in [4.69, 9.17) is 21.1 Å². The Balaban J connectivity index is 1.95. The number of carbonyl (C=O) groups excluding carboxylic acids is 1. The maximum atomic E-state index is 12.1. The van der Waals surface area contributed by atoms with E-state index in [0.717, 1.165) is 11.3 Å². The number of rotatable bonds is 6. The predicted octanol–water partition coefficient (Wildman–Crippen LogP) is 3.82. The molecule has 0 aromatic carbocycles. The van der Waals surface area contributed by atoms with Crippen LogP contribution in [0.25, 0.3) is 10.9 Å². The quantitative estimate of drug-likeness (QED) is 0.546. The third-order valence-corrected chi connectivity index (χ3v) is 4.40. The first-order valence-corrected chi connectivity index (χ1v) is 8.84. The van der Waals surface area contributed by atoms with E-state index < -0.39 is 5.97 Å². The second-order valence-electron chi connectivity index (χ2n) is 5.90. The molecule has 2 aromatic rings. The first-order chi connectivity index (χ1) is 13.5. The molecule has 0 fully saturated rings. The maximum absolute atomic E-state index is 12.1. The summed E-state index contributed by atoms with van der Waals surface area (Å²) in [5.41, 5.74) is 2.67. The zero-order valence-electron chi connectivity index (χ0n) is 15.6. The summed E-state index contributed by atoms with van der Waals surface area (Å²) in [5, 5.41) is 5.65. The van der Waals surface area contributed by atoms with Gasteiger partial charge in [-0.3, -0.25) is 9.67 Å². The summed E-state index contributed by atoms with van der Waals surface area (Å²) in [6.07, 6.45) is 11.3. The highest BCUT2D eigenvalue weighted by Gasteiger charge is 2.19. The van der Waals surface area contributed by atoms with Crippen LogP contribution in [0.1, 0.15) is 16.9 Å². The molecule has 144 valence electrons. The van der Waals surface area contributed by atoms with Crippen molar-refractivity contribution in [3.05, 3.63) is 65.1 Å². The molecule has 0 saturated heterocycles. The van der Waals surface area contributed by atoms with Gasteiger partial charge in [0.2, 0.25) is 5.88 Å². The molecule has 8 heteroatoms. The van der Waals surface area contributed by atoms with Gasteiger partial charge >= 0.3 is 5.97 Å². The van der Waals surface area contributed by atoms with Crippen molar-refractivity contribution in [1.82, 2.24) is 14.8 Å². The van der Waals surface area contributed by atoms with Crippen molar-refractivity contribution < 1.29 is 14.3 Å². The van der Waals surface area contributed by atoms with Gasteiger partial charge in [0.15, 0.2) is 5.69 Å². The summed E-state index contributed by atoms with van der Waals surface area (Å²) in [7, 11) is 2.83. The van der Waals surface area contributed by atoms with Crippen LogP contribution in [0, 0.1) is 0 Å². The Morgan fingerprint density at radius 3 is 2.89 bits per heavy atom. The van der Waals surface area contributed by atoms with E-state index >= 15 is 0 Å². The van der Waals surface area contributed by atoms with Crippen LogP contribution in [-0.2, 0) is 11.3 Å². The molecule has 0 aliphatic carbocycles. The van der Waals surface area contributed by atoms with Crippen molar-refractivity contribution >= 4 is 34.7 Å². The number of hydrogen-bond acceptors (Lipinski definition) is 6. The van der Waals surface area contributed by atoms with Crippen LogP contribution in [-0.4, -0.2) is 41.2 Å². The number of methoxy groups -OCH3 is 2. The number of dihydropyridines is 1. The highest BCUT2D eigenvalue weighted by atomic mass is 35.5. The molecule has 1 aliphatic rings. The van der Waals surface area contributed by atoms with Crippen molar-refractivity contribution in [3.63, 3.8) is 0 Å². The van der Waals surface area contributed by atoms with Gasteiger partial charge < -0.3 is 9.47 Å². The van der Waals surface area contributed by atoms with Crippen LogP contribution < -0.4 is 4.74 Å². The normalized spacial score (nSPS) is 15.6. The summed E-state index contributed by atoms with van der Waals surface area (Å²) in [4.78, 5) is 20.6. The standard InChI is InChI=1S/C20H19ClN4O3/c1-4-13(5-7-15-8-6-14(21)10-22-15)12-25-17-11-23-18(27-2)9-16(17)19(24-25)20(26)28-3/h4-7,9-11H,1,8,12H2,2-3H3/b13-5+,15-7+. The molecular weight excluding hydrogens is 380 g/mol. The third kappa shape index (κ3) is 4.20. The largest absolute Gasteiger partial charge is 0.481 e. The van der Waals surface area contributed by atoms with E-state index in [0.29, 0.717) is 34.8 Å². The van der Waals surface area contributed by atoms with Gasteiger partial charge in [0, 0.05) is 29.8 Å². The Morgan fingerprint density at radius 2 is 2.25 bits per heavy atom. The summed E-state index contributed by atoms with van der Waals surface area (Å²) in [6, 6.07) is 1.66. The lowest BCUT2D eigenvalue weighted by atomic mass is 10.2. The van der Waals surface area contributed by atoms with Gasteiger partial charge in [0.25, 0.3) is 0 Å². The van der Waals surface area contributed by atoms with E-state index in [-0.39, 0.29) is 5.69 Å². The summed E-state index contributed by atoms with van der Waals surface area (Å²) in [5.74, 6) is -0.133. The first kappa shape index (κ1) is 19.6. The van der Waals surface area contributed by atoms with E-state index in [1.54, 1.807) is 29.2 Å². The SMILES string of the molecule is C=C/C(=C\C=C1/CC=C(Cl)C=N1)Cn1nc(C(=O)OC)c2cc(OC)ncc21. The number of hydrogen-bond donors (Lipinski definition) is 0. The molecule has 0 saturated carbocycles. The average molecular weight is 399 g/mol. The Hall–Kier alpha value is -3.19. The molecule has 0 spiro atoms. The van der Waals surface area contributed by atoms with Crippen molar-refractivity contribution in [2.45, 2.75) is 13.0 Å². The van der Waals surface area contributed by atoms with Crippen LogP contribution in [0.4, 0.5) is 0 Å². The number of nitrogens with zero attached hydrogens (tertiary/aromatic N) is 4. The fraction of sp³-hybridized carbons (Fsp3) is 0.200. The molecule has 0 N–H and O–H groups in total. The Labute approximate surface area is 167 Å². The third-order valence-electron chi connectivity index (χ3n) is 4.14. The van der Waals surface area contributed by atoms with Crippen LogP contribution in [0.5, 0.6) is 5.88 Å². The van der Waals surface area contributed by atoms with Crippen LogP contribution in [0.15, 0.2) is 64.4 Å². The lowest BCUT2D eigenvalue weighted by Crippen LogP contribution is -2.06. The van der Waals surface area contributed by atoms with Gasteiger partial charge in [-0.2, -0.15) is 5.10 Å². The number of aromatic nitrogens is 3. The highest BCUT2D eigenvalue weighted by molar-refractivity contribution is 6.39. The monoisotopic (exact) mass is 398 g/mol. The lowest BCUT2D eigenvalue weighted by Gasteiger charge is -2.06. The molecule has 0 atom stereocenters. The second kappa shape index (κ2) is 8.67. The summed E-state index contributed by atoms with van der Waals surface area (Å²) < 4.78 is 11.7. The molecule has 2 aromatic heterocycles. The molecule has 0 amide bonds. The number of esters is 1. The number of carbonyl (C=O) groups is 1. The lowest BCUT2D eigenvalue weighted by molar-refractivity contribution is 0.0595. The Kier molecular flexibility index (Phi) is 6.06. The minimum absolute atomic E-state index is 0.205. The molecule has 0 bridgehead atoms. The topological polar surface area (TPSA) is 78.6 Å². The first-order valence-electron chi connectivity index (χ1n) is 8.46. The van der Waals surface area contributed by atoms with E-state index in [1.165, 1.54) is 14.2 Å². The molecule has 3 rings (SSSR count). The van der Waals surface area contributed by atoms with Gasteiger partial charge in [-0.1, -0.05) is 36.4 Å². The van der Waals surface area contributed by atoms with Gasteiger partial charge in [-0.05, 0) is 11.6 Å². The van der Waals surface area contributed by atoms with E-state index in [1.807, 2.05) is 18.2 Å². The van der Waals surface area contributed by atoms with E-state index in [9.17, 15) is 4.79 Å². The predicted molar refractivity (Wildman–Crippen MR) is 109 cm³/mol. The highest BCUT2D eigenvalue weighted by Crippen LogP contribution is 2.23. The number of pyridine rings is 1. The second-order valence-corrected chi connectivity index (χ2v) is 6.33. The molecular formula is C20H19ClN4O3. The maximum Gasteiger partial charge on any atom is 0.359 e. The fourth-order valence-corrected chi connectivity index (χ4v) is 2.78. The van der Waals surface area contributed by atoms with Crippen molar-refractivity contribution in [2.24, 2.45) is 4.99 Å². The van der Waals surface area contributed by atoms with E-state index in [2.05, 4.69) is 21.7 Å². The van der Waals surface area contributed by atoms with Gasteiger partial charge in [0.05, 0.1) is 37.5 Å². The number of allylic oxidation sites excluding steroid dienone is 6. The minimum Gasteiger partial charge on any atom is -0.481 e. The molecule has 1 aliphatic heterocycles. The summed E-state index contributed by atoms with van der Waals surface area (Å²) >= 11 is 5.88. The number of aliphatic imine (C=N–C) groups is 1. The van der Waals surface area contributed by atoms with Crippen LogP contribution in [0.3, 0.4) is 0 Å². The smallest absolute Gasteiger partial charge is 0.359 e. The zero-order valence-corrected chi connectivity index (χ0v) is 16.3. The van der Waals surface area contributed by atoms with Gasteiger partial charge in [0.1, 0.15) is 0 Å². The molecule has 28 heavy (non-hydrogen) atoms. The minimum atomic E-state index is -0.525. The van der Waals surface area contributed by atoms with Gasteiger partial charge in [-0.25, -0.2) is 9.78 Å². The van der Waals surface area contributed by atoms with Gasteiger partial charge in [-0.15, -0.1) is 0 Å². The zero-order chi connectivity index (χ0) is 20.1. The molecule has 0 radical (unpaired) electrons. The van der Waals surface area contributed by atoms with Crippen molar-refractivity contribution in [2.75, 3.05) is 14.2 Å². The van der Waals surface area contributed by atoms with Crippen LogP contribution >= 0.6 is 11.6 Å². The van der Waals surface area contributed by atoms with Crippen LogP contribution in [0.2, 0.25) is 0 Å². The number of ether oxygens (including phenoxy) is 2. The van der Waals surface area contributed by atoms with Crippen molar-refractivity contribution in [3.8, 4) is 5.88 Å².